The van der Waals surface area contributed by atoms with Crippen molar-refractivity contribution in [1.82, 2.24) is 4.31 Å². The molecule has 2 aromatic carbocycles. The molecule has 2 rings (SSSR count). The molecule has 0 spiro atoms. The molecule has 168 valence electrons. The fourth-order valence-corrected chi connectivity index (χ4v) is 3.77. The van der Waals surface area contributed by atoms with Crippen molar-refractivity contribution in [2.45, 2.75) is 11.3 Å². The van der Waals surface area contributed by atoms with Gasteiger partial charge in [0.05, 0.1) is 25.2 Å². The summed E-state index contributed by atoms with van der Waals surface area (Å²) < 4.78 is 41.1. The van der Waals surface area contributed by atoms with Crippen LogP contribution in [0.1, 0.15) is 6.42 Å². The van der Waals surface area contributed by atoms with Gasteiger partial charge in [0, 0.05) is 19.8 Å². The van der Waals surface area contributed by atoms with E-state index in [0.29, 0.717) is 11.5 Å². The minimum absolute atomic E-state index is 0.0215. The summed E-state index contributed by atoms with van der Waals surface area (Å²) in [5, 5.41) is 2.49. The number of methoxy groups -OCH3 is 1. The number of hydrogen-bond donors (Lipinski definition) is 1. The van der Waals surface area contributed by atoms with Crippen molar-refractivity contribution in [1.29, 1.82) is 0 Å². The van der Waals surface area contributed by atoms with E-state index in [9.17, 15) is 18.0 Å². The maximum Gasteiger partial charge on any atom is 0.309 e. The Hall–Kier alpha value is -2.82. The average molecular weight is 471 g/mol. The molecule has 9 nitrogen and oxygen atoms in total. The smallest absolute Gasteiger partial charge is 0.309 e. The number of nitrogens with one attached hydrogen (secondary N) is 1. The summed E-state index contributed by atoms with van der Waals surface area (Å²) in [6.45, 7) is -0.490. The second-order valence-electron chi connectivity index (χ2n) is 6.39. The zero-order chi connectivity index (χ0) is 23.0. The quantitative estimate of drug-likeness (QED) is 0.531. The van der Waals surface area contributed by atoms with Crippen LogP contribution in [0.4, 0.5) is 5.69 Å². The molecule has 2 aromatic rings. The van der Waals surface area contributed by atoms with Gasteiger partial charge < -0.3 is 19.5 Å². The highest BCUT2D eigenvalue weighted by molar-refractivity contribution is 7.89. The third-order valence-corrected chi connectivity index (χ3v) is 6.27. The highest BCUT2D eigenvalue weighted by Gasteiger charge is 2.21. The lowest BCUT2D eigenvalue weighted by molar-refractivity contribution is -0.147. The van der Waals surface area contributed by atoms with Crippen LogP contribution in [0.15, 0.2) is 47.4 Å². The standard InChI is InChI=1S/C20H23ClN2O7S/c1-23(2)31(26,27)18-12-14(8-9-15(18)21)22-19(24)13-30-20(25)10-11-29-17-7-5-4-6-16(17)28-3/h4-9,12H,10-11,13H2,1-3H3,(H,22,24). The topological polar surface area (TPSA) is 111 Å². The van der Waals surface area contributed by atoms with Crippen LogP contribution in [-0.2, 0) is 24.3 Å². The molecule has 0 aliphatic heterocycles. The van der Waals surface area contributed by atoms with Gasteiger partial charge in [-0.3, -0.25) is 9.59 Å². The summed E-state index contributed by atoms with van der Waals surface area (Å²) in [6.07, 6.45) is -0.0719. The number of rotatable bonds is 10. The van der Waals surface area contributed by atoms with Crippen molar-refractivity contribution in [3.63, 3.8) is 0 Å². The number of esters is 1. The maximum absolute atomic E-state index is 12.3. The van der Waals surface area contributed by atoms with Gasteiger partial charge in [-0.15, -0.1) is 0 Å². The van der Waals surface area contributed by atoms with E-state index in [0.717, 1.165) is 4.31 Å². The number of para-hydroxylation sites is 2. The minimum atomic E-state index is -3.79. The lowest BCUT2D eigenvalue weighted by Gasteiger charge is -2.14. The van der Waals surface area contributed by atoms with Crippen molar-refractivity contribution >= 4 is 39.2 Å². The number of nitrogens with zero attached hydrogens (tertiary/aromatic N) is 1. The molecule has 0 aliphatic carbocycles. The first-order valence-corrected chi connectivity index (χ1v) is 10.9. The first-order chi connectivity index (χ1) is 14.6. The molecule has 0 fully saturated rings. The summed E-state index contributed by atoms with van der Waals surface area (Å²) in [7, 11) is 0.459. The lowest BCUT2D eigenvalue weighted by atomic mass is 10.3. The van der Waals surface area contributed by atoms with Gasteiger partial charge in [-0.1, -0.05) is 23.7 Å². The number of amides is 1. The number of carbonyl (C=O) groups is 2. The van der Waals surface area contributed by atoms with Crippen LogP contribution in [0.25, 0.3) is 0 Å². The Morgan fingerprint density at radius 3 is 2.42 bits per heavy atom. The second-order valence-corrected chi connectivity index (χ2v) is 8.92. The number of anilines is 1. The Balaban J connectivity index is 1.84. The van der Waals surface area contributed by atoms with Gasteiger partial charge in [-0.2, -0.15) is 0 Å². The number of halogens is 1. The van der Waals surface area contributed by atoms with E-state index in [4.69, 9.17) is 25.8 Å². The van der Waals surface area contributed by atoms with E-state index in [1.165, 1.54) is 39.4 Å². The van der Waals surface area contributed by atoms with Crippen molar-refractivity contribution in [3.8, 4) is 11.5 Å². The number of carbonyl (C=O) groups excluding carboxylic acids is 2. The van der Waals surface area contributed by atoms with Crippen LogP contribution >= 0.6 is 11.6 Å². The molecule has 0 saturated carbocycles. The molecule has 0 bridgehead atoms. The van der Waals surface area contributed by atoms with Gasteiger partial charge in [0.15, 0.2) is 18.1 Å². The van der Waals surface area contributed by atoms with Crippen molar-refractivity contribution in [2.24, 2.45) is 0 Å². The molecule has 1 N–H and O–H groups in total. The average Bonchev–Trinajstić information content (AvgIpc) is 2.73. The summed E-state index contributed by atoms with van der Waals surface area (Å²) >= 11 is 5.97. The highest BCUT2D eigenvalue weighted by Crippen LogP contribution is 2.27. The zero-order valence-electron chi connectivity index (χ0n) is 17.3. The van der Waals surface area contributed by atoms with Crippen LogP contribution in [0.2, 0.25) is 5.02 Å². The molecule has 11 heteroatoms. The highest BCUT2D eigenvalue weighted by atomic mass is 35.5. The van der Waals surface area contributed by atoms with Crippen LogP contribution < -0.4 is 14.8 Å². The molecule has 0 heterocycles. The monoisotopic (exact) mass is 470 g/mol. The van der Waals surface area contributed by atoms with Gasteiger partial charge in [0.2, 0.25) is 10.0 Å². The van der Waals surface area contributed by atoms with Gasteiger partial charge in [-0.25, -0.2) is 12.7 Å². The fourth-order valence-electron chi connectivity index (χ4n) is 2.37. The largest absolute Gasteiger partial charge is 0.493 e. The summed E-state index contributed by atoms with van der Waals surface area (Å²) in [6, 6.07) is 11.0. The number of sulfonamides is 1. The molecule has 0 unspecified atom stereocenters. The molecule has 0 aliphatic rings. The van der Waals surface area contributed by atoms with Gasteiger partial charge in [0.1, 0.15) is 4.90 Å². The van der Waals surface area contributed by atoms with Crippen molar-refractivity contribution in [3.05, 3.63) is 47.5 Å². The van der Waals surface area contributed by atoms with E-state index < -0.39 is 28.5 Å². The second kappa shape index (κ2) is 11.0. The van der Waals surface area contributed by atoms with Gasteiger partial charge >= 0.3 is 5.97 Å². The number of ether oxygens (including phenoxy) is 3. The number of hydrogen-bond acceptors (Lipinski definition) is 7. The minimum Gasteiger partial charge on any atom is -0.493 e. The van der Waals surface area contributed by atoms with Crippen LogP contribution in [0.5, 0.6) is 11.5 Å². The Bertz CT molecular complexity index is 1040. The molecule has 1 amide bonds. The lowest BCUT2D eigenvalue weighted by Crippen LogP contribution is -2.24. The first-order valence-electron chi connectivity index (χ1n) is 9.08. The van der Waals surface area contributed by atoms with Crippen molar-refractivity contribution in [2.75, 3.05) is 39.7 Å². The van der Waals surface area contributed by atoms with Crippen molar-refractivity contribution < 1.29 is 32.2 Å². The molecule has 0 atom stereocenters. The van der Waals surface area contributed by atoms with Gasteiger partial charge in [0.25, 0.3) is 5.91 Å². The van der Waals surface area contributed by atoms with E-state index in [2.05, 4.69) is 5.32 Å². The predicted octanol–water partition coefficient (Wildman–Crippen LogP) is 2.55. The molecular weight excluding hydrogens is 448 g/mol. The Kier molecular flexibility index (Phi) is 8.66. The summed E-state index contributed by atoms with van der Waals surface area (Å²) in [5.41, 5.74) is 0.199. The first kappa shape index (κ1) is 24.4. The molecule has 0 saturated heterocycles. The van der Waals surface area contributed by atoms with Crippen LogP contribution in [0, 0.1) is 0 Å². The molecular formula is C20H23ClN2O7S. The Labute approximate surface area is 185 Å². The molecule has 0 aromatic heterocycles. The number of benzene rings is 2. The zero-order valence-corrected chi connectivity index (χ0v) is 18.8. The van der Waals surface area contributed by atoms with E-state index in [1.807, 2.05) is 0 Å². The van der Waals surface area contributed by atoms with E-state index in [1.54, 1.807) is 24.3 Å². The Morgan fingerprint density at radius 2 is 1.77 bits per heavy atom. The van der Waals surface area contributed by atoms with Gasteiger partial charge in [-0.05, 0) is 30.3 Å². The SMILES string of the molecule is COc1ccccc1OCCC(=O)OCC(=O)Nc1ccc(Cl)c(S(=O)(=O)N(C)C)c1. The third-order valence-electron chi connectivity index (χ3n) is 3.97. The molecule has 31 heavy (non-hydrogen) atoms. The normalized spacial score (nSPS) is 11.1. The maximum atomic E-state index is 12.3. The molecule has 0 radical (unpaired) electrons. The fraction of sp³-hybridized carbons (Fsp3) is 0.300. The van der Waals surface area contributed by atoms with Crippen LogP contribution in [0.3, 0.4) is 0 Å². The third kappa shape index (κ3) is 6.84. The summed E-state index contributed by atoms with van der Waals surface area (Å²) in [5.74, 6) is -0.234. The van der Waals surface area contributed by atoms with E-state index >= 15 is 0 Å². The summed E-state index contributed by atoms with van der Waals surface area (Å²) in [4.78, 5) is 23.7. The Morgan fingerprint density at radius 1 is 1.10 bits per heavy atom. The van der Waals surface area contributed by atoms with E-state index in [-0.39, 0.29) is 28.6 Å². The van der Waals surface area contributed by atoms with Crippen LogP contribution in [-0.4, -0.2) is 59.0 Å². The predicted molar refractivity (Wildman–Crippen MR) is 115 cm³/mol.